The number of nitrogens with one attached hydrogen (secondary N) is 1. The van der Waals surface area contributed by atoms with Crippen LogP contribution in [-0.2, 0) is 0 Å². The van der Waals surface area contributed by atoms with Crippen molar-refractivity contribution in [2.45, 2.75) is 9.24 Å². The van der Waals surface area contributed by atoms with Gasteiger partial charge in [-0.15, -0.1) is 10.2 Å². The van der Waals surface area contributed by atoms with Gasteiger partial charge >= 0.3 is 0 Å². The number of aromatic amines is 1. The summed E-state index contributed by atoms with van der Waals surface area (Å²) < 4.78 is 0.880. The number of hydrogen-bond acceptors (Lipinski definition) is 6. The molecule has 0 atom stereocenters. The van der Waals surface area contributed by atoms with Gasteiger partial charge in [0.1, 0.15) is 5.51 Å². The van der Waals surface area contributed by atoms with E-state index in [4.69, 9.17) is 5.73 Å². The highest BCUT2D eigenvalue weighted by Crippen LogP contribution is 2.34. The first kappa shape index (κ1) is 9.61. The summed E-state index contributed by atoms with van der Waals surface area (Å²) in [4.78, 5) is 0.966. The molecular weight excluding hydrogens is 242 g/mol. The van der Waals surface area contributed by atoms with Crippen LogP contribution in [-0.4, -0.2) is 20.4 Å². The second kappa shape index (κ2) is 3.76. The summed E-state index contributed by atoms with van der Waals surface area (Å²) in [6.07, 6.45) is 1.76. The molecule has 0 radical (unpaired) electrons. The van der Waals surface area contributed by atoms with Crippen LogP contribution in [0.4, 0.5) is 5.69 Å². The maximum Gasteiger partial charge on any atom is 0.178 e. The normalized spacial score (nSPS) is 11.0. The Kier molecular flexibility index (Phi) is 2.26. The molecule has 2 aromatic heterocycles. The molecule has 0 saturated carbocycles. The van der Waals surface area contributed by atoms with Crippen molar-refractivity contribution in [2.75, 3.05) is 5.73 Å². The summed E-state index contributed by atoms with van der Waals surface area (Å²) in [7, 11) is 0. The van der Waals surface area contributed by atoms with Crippen LogP contribution in [0.1, 0.15) is 0 Å². The van der Waals surface area contributed by atoms with Gasteiger partial charge in [0, 0.05) is 16.0 Å². The molecule has 5 nitrogen and oxygen atoms in total. The number of nitrogen functional groups attached to an aromatic ring is 1. The number of aromatic nitrogens is 4. The van der Waals surface area contributed by atoms with E-state index in [1.807, 2.05) is 12.1 Å². The number of nitrogens with two attached hydrogens (primary N) is 1. The molecule has 2 heterocycles. The standard InChI is InChI=1S/C9H7N5S2/c10-6-1-5-3-11-13-7(5)2-8(6)16-9-14-12-4-15-9/h1-4H,10H2,(H,11,13). The summed E-state index contributed by atoms with van der Waals surface area (Å²) >= 11 is 3.00. The zero-order valence-electron chi connectivity index (χ0n) is 8.04. The second-order valence-corrected chi connectivity index (χ2v) is 5.28. The summed E-state index contributed by atoms with van der Waals surface area (Å²) in [5.41, 5.74) is 9.36. The highest BCUT2D eigenvalue weighted by atomic mass is 32.2. The molecule has 1 aromatic carbocycles. The molecule has 3 aromatic rings. The molecule has 0 unspecified atom stereocenters. The maximum absolute atomic E-state index is 5.96. The van der Waals surface area contributed by atoms with Crippen molar-refractivity contribution in [1.82, 2.24) is 20.4 Å². The fourth-order valence-corrected chi connectivity index (χ4v) is 2.88. The Bertz CT molecular complexity index is 616. The van der Waals surface area contributed by atoms with Crippen LogP contribution in [0.5, 0.6) is 0 Å². The Morgan fingerprint density at radius 3 is 3.12 bits per heavy atom. The van der Waals surface area contributed by atoms with E-state index in [1.165, 1.54) is 23.1 Å². The molecule has 0 amide bonds. The van der Waals surface area contributed by atoms with Gasteiger partial charge in [-0.05, 0) is 12.1 Å². The molecule has 0 aliphatic rings. The lowest BCUT2D eigenvalue weighted by Gasteiger charge is -2.02. The fourth-order valence-electron chi connectivity index (χ4n) is 1.38. The van der Waals surface area contributed by atoms with Crippen LogP contribution in [0, 0.1) is 0 Å². The molecule has 0 saturated heterocycles. The van der Waals surface area contributed by atoms with Gasteiger partial charge < -0.3 is 5.73 Å². The van der Waals surface area contributed by atoms with Crippen LogP contribution in [0.15, 0.2) is 33.1 Å². The van der Waals surface area contributed by atoms with Crippen molar-refractivity contribution in [3.8, 4) is 0 Å². The lowest BCUT2D eigenvalue weighted by atomic mass is 10.2. The molecule has 3 N–H and O–H groups in total. The quantitative estimate of drug-likeness (QED) is 0.680. The van der Waals surface area contributed by atoms with Crippen LogP contribution in [0.25, 0.3) is 10.9 Å². The smallest absolute Gasteiger partial charge is 0.178 e. The lowest BCUT2D eigenvalue weighted by Crippen LogP contribution is -1.88. The van der Waals surface area contributed by atoms with E-state index in [1.54, 1.807) is 11.7 Å². The predicted molar refractivity (Wildman–Crippen MR) is 64.5 cm³/mol. The number of anilines is 1. The Morgan fingerprint density at radius 2 is 2.31 bits per heavy atom. The molecule has 0 spiro atoms. The molecule has 0 aliphatic heterocycles. The zero-order chi connectivity index (χ0) is 11.0. The molecule has 16 heavy (non-hydrogen) atoms. The Balaban J connectivity index is 2.05. The Hall–Kier alpha value is -1.60. The number of H-pyrrole nitrogens is 1. The third-order valence-electron chi connectivity index (χ3n) is 2.11. The monoisotopic (exact) mass is 249 g/mol. The summed E-state index contributed by atoms with van der Waals surface area (Å²) in [5, 5.41) is 15.7. The minimum absolute atomic E-state index is 0.731. The fraction of sp³-hybridized carbons (Fsp3) is 0. The summed E-state index contributed by atoms with van der Waals surface area (Å²) in [6, 6.07) is 3.88. The highest BCUT2D eigenvalue weighted by molar-refractivity contribution is 8.01. The van der Waals surface area contributed by atoms with Crippen molar-refractivity contribution >= 4 is 39.7 Å². The van der Waals surface area contributed by atoms with Gasteiger partial charge in [0.05, 0.1) is 11.7 Å². The number of benzene rings is 1. The summed E-state index contributed by atoms with van der Waals surface area (Å²) in [6.45, 7) is 0. The van der Waals surface area contributed by atoms with Gasteiger partial charge in [-0.1, -0.05) is 23.1 Å². The predicted octanol–water partition coefficient (Wildman–Crippen LogP) is 2.15. The van der Waals surface area contributed by atoms with E-state index < -0.39 is 0 Å². The molecule has 7 heteroatoms. The van der Waals surface area contributed by atoms with Crippen LogP contribution < -0.4 is 5.73 Å². The van der Waals surface area contributed by atoms with Gasteiger partial charge in [0.2, 0.25) is 0 Å². The van der Waals surface area contributed by atoms with Crippen molar-refractivity contribution in [3.05, 3.63) is 23.8 Å². The third kappa shape index (κ3) is 1.63. The number of hydrogen-bond donors (Lipinski definition) is 2. The average Bonchev–Trinajstić information content (AvgIpc) is 2.89. The first-order valence-electron chi connectivity index (χ1n) is 4.49. The molecule has 80 valence electrons. The largest absolute Gasteiger partial charge is 0.398 e. The second-order valence-electron chi connectivity index (χ2n) is 3.15. The van der Waals surface area contributed by atoms with E-state index in [9.17, 15) is 0 Å². The third-order valence-corrected chi connectivity index (χ3v) is 3.96. The topological polar surface area (TPSA) is 80.5 Å². The van der Waals surface area contributed by atoms with Gasteiger partial charge in [-0.2, -0.15) is 5.10 Å². The van der Waals surface area contributed by atoms with Crippen molar-refractivity contribution in [3.63, 3.8) is 0 Å². The van der Waals surface area contributed by atoms with Crippen molar-refractivity contribution in [1.29, 1.82) is 0 Å². The van der Waals surface area contributed by atoms with Gasteiger partial charge in [-0.3, -0.25) is 5.10 Å². The van der Waals surface area contributed by atoms with Gasteiger partial charge in [-0.25, -0.2) is 0 Å². The number of fused-ring (bicyclic) bond motifs is 1. The SMILES string of the molecule is Nc1cc2cn[nH]c2cc1Sc1nncs1. The van der Waals surface area contributed by atoms with Crippen molar-refractivity contribution in [2.24, 2.45) is 0 Å². The first-order valence-corrected chi connectivity index (χ1v) is 6.19. The molecule has 0 aliphatic carbocycles. The average molecular weight is 249 g/mol. The minimum atomic E-state index is 0.731. The molecule has 0 fully saturated rings. The molecule has 3 rings (SSSR count). The minimum Gasteiger partial charge on any atom is -0.398 e. The van der Waals surface area contributed by atoms with E-state index in [-0.39, 0.29) is 0 Å². The number of nitrogens with zero attached hydrogens (tertiary/aromatic N) is 3. The van der Waals surface area contributed by atoms with Crippen molar-refractivity contribution < 1.29 is 0 Å². The van der Waals surface area contributed by atoms with E-state index in [2.05, 4.69) is 20.4 Å². The van der Waals surface area contributed by atoms with Crippen LogP contribution >= 0.6 is 23.1 Å². The van der Waals surface area contributed by atoms with Crippen LogP contribution in [0.3, 0.4) is 0 Å². The Labute approximate surface area is 99.1 Å². The maximum atomic E-state index is 5.96. The zero-order valence-corrected chi connectivity index (χ0v) is 9.68. The number of rotatable bonds is 2. The van der Waals surface area contributed by atoms with E-state index in [0.717, 1.165) is 25.8 Å². The van der Waals surface area contributed by atoms with Gasteiger partial charge in [0.15, 0.2) is 4.34 Å². The molecule has 0 bridgehead atoms. The lowest BCUT2D eigenvalue weighted by molar-refractivity contribution is 1.01. The summed E-state index contributed by atoms with van der Waals surface area (Å²) in [5.74, 6) is 0. The Morgan fingerprint density at radius 1 is 1.38 bits per heavy atom. The van der Waals surface area contributed by atoms with E-state index >= 15 is 0 Å². The van der Waals surface area contributed by atoms with E-state index in [0.29, 0.717) is 0 Å². The first-order chi connectivity index (χ1) is 7.83. The highest BCUT2D eigenvalue weighted by Gasteiger charge is 2.07. The molecular formula is C9H7N5S2. The van der Waals surface area contributed by atoms with Crippen LogP contribution in [0.2, 0.25) is 0 Å². The van der Waals surface area contributed by atoms with Gasteiger partial charge in [0.25, 0.3) is 0 Å².